The van der Waals surface area contributed by atoms with E-state index >= 15 is 0 Å². The van der Waals surface area contributed by atoms with Crippen molar-refractivity contribution in [2.45, 2.75) is 39.7 Å². The Morgan fingerprint density at radius 1 is 1.04 bits per heavy atom. The Hall–Kier alpha value is -2.10. The number of carboxylic acids is 1. The molecule has 2 atom stereocenters. The number of carbonyl (C=O) groups excluding carboxylic acids is 2. The normalized spacial score (nSPS) is 24.3. The molecule has 0 aromatic heterocycles. The third kappa shape index (κ3) is 3.03. The van der Waals surface area contributed by atoms with Crippen molar-refractivity contribution in [1.29, 1.82) is 0 Å². The van der Waals surface area contributed by atoms with E-state index in [1.165, 1.54) is 5.56 Å². The minimum atomic E-state index is -1.10. The van der Waals surface area contributed by atoms with Crippen LogP contribution < -0.4 is 5.11 Å². The molecule has 0 radical (unpaired) electrons. The van der Waals surface area contributed by atoms with Gasteiger partial charge >= 0.3 is 0 Å². The van der Waals surface area contributed by atoms with Gasteiger partial charge in [0.1, 0.15) is 0 Å². The monoisotopic (exact) mass is 312 g/mol. The van der Waals surface area contributed by atoms with Crippen LogP contribution in [-0.4, -0.2) is 23.3 Å². The van der Waals surface area contributed by atoms with E-state index in [-0.39, 0.29) is 5.91 Å². The summed E-state index contributed by atoms with van der Waals surface area (Å²) in [4.78, 5) is 26.3. The van der Waals surface area contributed by atoms with Crippen molar-refractivity contribution in [3.8, 4) is 0 Å². The predicted octanol–water partition coefficient (Wildman–Crippen LogP) is 1.68. The first-order valence-corrected chi connectivity index (χ1v) is 8.19. The predicted molar refractivity (Wildman–Crippen MR) is 85.2 cm³/mol. The summed E-state index contributed by atoms with van der Waals surface area (Å²) < 4.78 is 0. The fourth-order valence-electron chi connectivity index (χ4n) is 3.72. The number of amides is 1. The molecule has 23 heavy (non-hydrogen) atoms. The number of rotatable bonds is 2. The highest BCUT2D eigenvalue weighted by molar-refractivity contribution is 5.85. The zero-order valence-electron chi connectivity index (χ0n) is 13.7. The molecule has 0 saturated heterocycles. The molecule has 0 spiro atoms. The number of fused-ring (bicyclic) bond motifs is 1. The summed E-state index contributed by atoms with van der Waals surface area (Å²) in [6.45, 7) is 5.18. The number of nitrogens with zero attached hydrogens (tertiary/aromatic N) is 1. The van der Waals surface area contributed by atoms with Crippen molar-refractivity contribution in [3.63, 3.8) is 0 Å². The van der Waals surface area contributed by atoms with Crippen molar-refractivity contribution < 1.29 is 14.7 Å². The Balaban J connectivity index is 1.81. The Kier molecular flexibility index (Phi) is 4.24. The molecule has 4 nitrogen and oxygen atoms in total. The van der Waals surface area contributed by atoms with Crippen molar-refractivity contribution in [1.82, 2.24) is 4.90 Å². The van der Waals surface area contributed by atoms with E-state index in [1.807, 2.05) is 36.9 Å². The van der Waals surface area contributed by atoms with Gasteiger partial charge < -0.3 is 14.8 Å². The Morgan fingerprint density at radius 2 is 1.65 bits per heavy atom. The number of aliphatic carboxylic acids is 1. The molecule has 0 unspecified atom stereocenters. The van der Waals surface area contributed by atoms with Crippen LogP contribution in [0.3, 0.4) is 0 Å². The highest BCUT2D eigenvalue weighted by Crippen LogP contribution is 2.35. The van der Waals surface area contributed by atoms with Crippen LogP contribution in [0, 0.1) is 11.8 Å². The van der Waals surface area contributed by atoms with Gasteiger partial charge in [0, 0.05) is 25.0 Å². The van der Waals surface area contributed by atoms with E-state index < -0.39 is 17.8 Å². The smallest absolute Gasteiger partial charge is 0.226 e. The molecule has 3 rings (SSSR count). The van der Waals surface area contributed by atoms with Crippen LogP contribution in [0.2, 0.25) is 0 Å². The third-order valence-corrected chi connectivity index (χ3v) is 5.33. The minimum Gasteiger partial charge on any atom is -0.550 e. The summed E-state index contributed by atoms with van der Waals surface area (Å²) in [7, 11) is 0. The number of allylic oxidation sites excluding steroid dienone is 2. The Bertz CT molecular complexity index is 677. The van der Waals surface area contributed by atoms with Crippen LogP contribution in [-0.2, 0) is 22.6 Å². The summed E-state index contributed by atoms with van der Waals surface area (Å²) in [5, 5.41) is 11.5. The first-order chi connectivity index (χ1) is 11.0. The highest BCUT2D eigenvalue weighted by Gasteiger charge is 2.36. The molecule has 1 aliphatic heterocycles. The second-order valence-corrected chi connectivity index (χ2v) is 6.78. The summed E-state index contributed by atoms with van der Waals surface area (Å²) >= 11 is 0. The molecule has 2 aliphatic rings. The van der Waals surface area contributed by atoms with Gasteiger partial charge in [0.05, 0.1) is 5.92 Å². The molecule has 1 aromatic rings. The van der Waals surface area contributed by atoms with Crippen LogP contribution in [0.1, 0.15) is 37.8 Å². The summed E-state index contributed by atoms with van der Waals surface area (Å²) in [6.07, 6.45) is 1.79. The molecular weight excluding hydrogens is 290 g/mol. The largest absolute Gasteiger partial charge is 0.550 e. The first kappa shape index (κ1) is 15.8. The van der Waals surface area contributed by atoms with Crippen LogP contribution in [0.15, 0.2) is 35.4 Å². The zero-order chi connectivity index (χ0) is 16.6. The molecule has 0 fully saturated rings. The molecule has 1 aliphatic carbocycles. The lowest BCUT2D eigenvalue weighted by molar-refractivity contribution is -0.313. The quantitative estimate of drug-likeness (QED) is 0.781. The van der Waals surface area contributed by atoms with Gasteiger partial charge in [0.15, 0.2) is 0 Å². The average Bonchev–Trinajstić information content (AvgIpc) is 2.55. The standard InChI is InChI=1S/C19H23NO3/c1-12-9-16(17(19(22)23)10-13(12)2)18(21)20-8-7-14-5-3-4-6-15(14)11-20/h3-6,16-17H,7-11H2,1-2H3,(H,22,23)/p-1/t16-,17+/m0/s1. The summed E-state index contributed by atoms with van der Waals surface area (Å²) in [5.41, 5.74) is 4.66. The van der Waals surface area contributed by atoms with Gasteiger partial charge in [0.2, 0.25) is 5.91 Å². The molecule has 0 saturated carbocycles. The average molecular weight is 312 g/mol. The van der Waals surface area contributed by atoms with E-state index in [1.54, 1.807) is 0 Å². The fraction of sp³-hybridized carbons (Fsp3) is 0.474. The second kappa shape index (κ2) is 6.19. The zero-order valence-corrected chi connectivity index (χ0v) is 13.7. The summed E-state index contributed by atoms with van der Waals surface area (Å²) in [5.74, 6) is -2.34. The van der Waals surface area contributed by atoms with E-state index in [9.17, 15) is 14.7 Å². The van der Waals surface area contributed by atoms with Crippen LogP contribution in [0.5, 0.6) is 0 Å². The minimum absolute atomic E-state index is 0.0412. The maximum absolute atomic E-state index is 12.9. The lowest BCUT2D eigenvalue weighted by Gasteiger charge is -2.38. The van der Waals surface area contributed by atoms with Crippen molar-refractivity contribution in [2.24, 2.45) is 11.8 Å². The topological polar surface area (TPSA) is 60.4 Å². The van der Waals surface area contributed by atoms with Crippen LogP contribution >= 0.6 is 0 Å². The molecule has 1 amide bonds. The SMILES string of the molecule is CC1=C(C)C[C@@H](C(=O)[O-])[C@@H](C(=O)N2CCc3ccccc3C2)C1. The maximum atomic E-state index is 12.9. The first-order valence-electron chi connectivity index (χ1n) is 8.19. The lowest BCUT2D eigenvalue weighted by atomic mass is 9.75. The molecule has 0 bridgehead atoms. The molecule has 1 aromatic carbocycles. The van der Waals surface area contributed by atoms with Crippen molar-refractivity contribution in [3.05, 3.63) is 46.5 Å². The van der Waals surface area contributed by atoms with E-state index in [2.05, 4.69) is 6.07 Å². The van der Waals surface area contributed by atoms with Crippen LogP contribution in [0.4, 0.5) is 0 Å². The Labute approximate surface area is 136 Å². The van der Waals surface area contributed by atoms with Gasteiger partial charge in [-0.2, -0.15) is 0 Å². The summed E-state index contributed by atoms with van der Waals surface area (Å²) in [6, 6.07) is 8.13. The number of hydrogen-bond acceptors (Lipinski definition) is 3. The number of benzene rings is 1. The molecule has 1 heterocycles. The van der Waals surface area contributed by atoms with Gasteiger partial charge in [-0.15, -0.1) is 0 Å². The second-order valence-electron chi connectivity index (χ2n) is 6.78. The van der Waals surface area contributed by atoms with E-state index in [0.29, 0.717) is 25.9 Å². The molecular formula is C19H22NO3-. The van der Waals surface area contributed by atoms with Gasteiger partial charge in [-0.05, 0) is 44.2 Å². The highest BCUT2D eigenvalue weighted by atomic mass is 16.4. The molecule has 0 N–H and O–H groups in total. The van der Waals surface area contributed by atoms with Gasteiger partial charge in [-0.1, -0.05) is 35.4 Å². The van der Waals surface area contributed by atoms with Crippen molar-refractivity contribution in [2.75, 3.05) is 6.54 Å². The number of carboxylic acid groups (broad SMARTS) is 1. The molecule has 122 valence electrons. The lowest BCUT2D eigenvalue weighted by Crippen LogP contribution is -2.47. The van der Waals surface area contributed by atoms with Gasteiger partial charge in [-0.3, -0.25) is 4.79 Å². The Morgan fingerprint density at radius 3 is 2.30 bits per heavy atom. The van der Waals surface area contributed by atoms with Crippen LogP contribution in [0.25, 0.3) is 0 Å². The number of carbonyl (C=O) groups is 2. The maximum Gasteiger partial charge on any atom is 0.226 e. The van der Waals surface area contributed by atoms with Gasteiger partial charge in [0.25, 0.3) is 0 Å². The number of hydrogen-bond donors (Lipinski definition) is 0. The van der Waals surface area contributed by atoms with E-state index in [0.717, 1.165) is 23.1 Å². The fourth-order valence-corrected chi connectivity index (χ4v) is 3.72. The molecule has 4 heteroatoms. The van der Waals surface area contributed by atoms with Gasteiger partial charge in [-0.25, -0.2) is 0 Å². The van der Waals surface area contributed by atoms with Crippen molar-refractivity contribution >= 4 is 11.9 Å². The third-order valence-electron chi connectivity index (χ3n) is 5.33. The van der Waals surface area contributed by atoms with E-state index in [4.69, 9.17) is 0 Å².